The lowest BCUT2D eigenvalue weighted by molar-refractivity contribution is -0.142. The molecule has 5 nitrogen and oxygen atoms in total. The molecule has 1 aromatic heterocycles. The van der Waals surface area contributed by atoms with Gasteiger partial charge in [-0.3, -0.25) is 4.79 Å². The quantitative estimate of drug-likeness (QED) is 0.579. The van der Waals surface area contributed by atoms with Crippen LogP contribution in [0.5, 0.6) is 0 Å². The highest BCUT2D eigenvalue weighted by molar-refractivity contribution is 5.69. The number of ether oxygens (including phenoxy) is 1. The molecule has 0 saturated heterocycles. The largest absolute Gasteiger partial charge is 0.466 e. The van der Waals surface area contributed by atoms with Crippen LogP contribution in [0.15, 0.2) is 12.5 Å². The lowest BCUT2D eigenvalue weighted by Gasteiger charge is -2.12. The third-order valence-electron chi connectivity index (χ3n) is 2.42. The minimum atomic E-state index is -0.155. The zero-order chi connectivity index (χ0) is 12.7. The first-order chi connectivity index (χ1) is 8.15. The van der Waals surface area contributed by atoms with E-state index in [1.807, 2.05) is 19.4 Å². The van der Waals surface area contributed by atoms with E-state index >= 15 is 0 Å². The van der Waals surface area contributed by atoms with Crippen molar-refractivity contribution in [3.63, 3.8) is 0 Å². The third-order valence-corrected chi connectivity index (χ3v) is 2.42. The number of carbonyl (C=O) groups excluding carboxylic acids is 1. The summed E-state index contributed by atoms with van der Waals surface area (Å²) in [6.45, 7) is 7.83. The summed E-state index contributed by atoms with van der Waals surface area (Å²) in [5.74, 6) is -0.155. The second-order valence-corrected chi connectivity index (χ2v) is 4.12. The molecule has 96 valence electrons. The Balaban J connectivity index is 2.26. The third kappa shape index (κ3) is 4.56. The van der Waals surface area contributed by atoms with Crippen LogP contribution in [-0.4, -0.2) is 28.7 Å². The first kappa shape index (κ1) is 13.7. The Hall–Kier alpha value is -1.36. The van der Waals surface area contributed by atoms with E-state index in [1.165, 1.54) is 0 Å². The number of aromatic nitrogens is 2. The van der Waals surface area contributed by atoms with E-state index in [-0.39, 0.29) is 5.97 Å². The van der Waals surface area contributed by atoms with Gasteiger partial charge in [-0.1, -0.05) is 0 Å². The smallest absolute Gasteiger partial charge is 0.307 e. The molecule has 0 aromatic carbocycles. The van der Waals surface area contributed by atoms with Gasteiger partial charge in [0.2, 0.25) is 0 Å². The van der Waals surface area contributed by atoms with Crippen LogP contribution in [0.4, 0.5) is 0 Å². The van der Waals surface area contributed by atoms with Crippen molar-refractivity contribution in [1.82, 2.24) is 14.9 Å². The summed E-state index contributed by atoms with van der Waals surface area (Å²) in [5.41, 5.74) is 1.13. The van der Waals surface area contributed by atoms with Gasteiger partial charge in [-0.25, -0.2) is 4.98 Å². The van der Waals surface area contributed by atoms with Crippen molar-refractivity contribution in [2.24, 2.45) is 0 Å². The molecular weight excluding hydrogens is 218 g/mol. The number of imidazole rings is 1. The molecule has 1 heterocycles. The maximum atomic E-state index is 11.1. The minimum absolute atomic E-state index is 0.155. The van der Waals surface area contributed by atoms with E-state index < -0.39 is 0 Å². The molecule has 0 spiro atoms. The highest BCUT2D eigenvalue weighted by Crippen LogP contribution is 2.08. The Morgan fingerprint density at radius 2 is 2.35 bits per heavy atom. The molecular formula is C12H21N3O2. The summed E-state index contributed by atoms with van der Waals surface area (Å²) >= 11 is 0. The zero-order valence-corrected chi connectivity index (χ0v) is 10.8. The molecule has 0 fully saturated rings. The van der Waals surface area contributed by atoms with Gasteiger partial charge in [0, 0.05) is 25.3 Å². The monoisotopic (exact) mass is 239 g/mol. The van der Waals surface area contributed by atoms with Crippen molar-refractivity contribution in [2.45, 2.75) is 39.8 Å². The van der Waals surface area contributed by atoms with Gasteiger partial charge in [-0.15, -0.1) is 0 Å². The number of hydrogen-bond acceptors (Lipinski definition) is 4. The number of hydrogen-bond donors (Lipinski definition) is 1. The summed E-state index contributed by atoms with van der Waals surface area (Å²) < 4.78 is 6.95. The highest BCUT2D eigenvalue weighted by atomic mass is 16.5. The molecule has 0 unspecified atom stereocenters. The molecule has 0 saturated carbocycles. The molecule has 5 heteroatoms. The summed E-state index contributed by atoms with van der Waals surface area (Å²) in [5, 5.41) is 3.21. The molecule has 0 aliphatic rings. The molecule has 0 radical (unpaired) electrons. The molecule has 1 rings (SSSR count). The predicted molar refractivity (Wildman–Crippen MR) is 65.6 cm³/mol. The van der Waals surface area contributed by atoms with Gasteiger partial charge >= 0.3 is 5.97 Å². The van der Waals surface area contributed by atoms with E-state index in [0.29, 0.717) is 25.6 Å². The van der Waals surface area contributed by atoms with Crippen molar-refractivity contribution >= 4 is 5.97 Å². The maximum absolute atomic E-state index is 11.1. The fraction of sp³-hybridized carbons (Fsp3) is 0.667. The fourth-order valence-corrected chi connectivity index (χ4v) is 1.57. The van der Waals surface area contributed by atoms with Crippen molar-refractivity contribution in [1.29, 1.82) is 0 Å². The van der Waals surface area contributed by atoms with Crippen LogP contribution in [0.2, 0.25) is 0 Å². The Morgan fingerprint density at radius 1 is 1.59 bits per heavy atom. The van der Waals surface area contributed by atoms with Crippen molar-refractivity contribution in [3.05, 3.63) is 18.2 Å². The predicted octanol–water partition coefficient (Wildman–Crippen LogP) is 1.51. The SMILES string of the molecule is CCOC(=O)CCNCc1cncn1C(C)C. The number of nitrogens with one attached hydrogen (secondary N) is 1. The number of carbonyl (C=O) groups is 1. The van der Waals surface area contributed by atoms with Gasteiger partial charge in [-0.2, -0.15) is 0 Å². The Labute approximate surface area is 102 Å². The molecule has 0 bridgehead atoms. The van der Waals surface area contributed by atoms with E-state index in [2.05, 4.69) is 28.7 Å². The highest BCUT2D eigenvalue weighted by Gasteiger charge is 2.05. The molecule has 17 heavy (non-hydrogen) atoms. The van der Waals surface area contributed by atoms with Crippen LogP contribution in [0.3, 0.4) is 0 Å². The Morgan fingerprint density at radius 3 is 3.00 bits per heavy atom. The topological polar surface area (TPSA) is 56.1 Å². The van der Waals surface area contributed by atoms with E-state index in [9.17, 15) is 4.79 Å². The fourth-order valence-electron chi connectivity index (χ4n) is 1.57. The molecule has 0 amide bonds. The maximum Gasteiger partial charge on any atom is 0.307 e. The van der Waals surface area contributed by atoms with Gasteiger partial charge in [0.25, 0.3) is 0 Å². The molecule has 0 aliphatic carbocycles. The molecule has 1 aromatic rings. The van der Waals surface area contributed by atoms with Gasteiger partial charge < -0.3 is 14.6 Å². The molecule has 0 aliphatic heterocycles. The van der Waals surface area contributed by atoms with Crippen LogP contribution in [0.1, 0.15) is 38.9 Å². The number of esters is 1. The number of nitrogens with zero attached hydrogens (tertiary/aromatic N) is 2. The molecule has 1 N–H and O–H groups in total. The van der Waals surface area contributed by atoms with Gasteiger partial charge in [0.1, 0.15) is 0 Å². The zero-order valence-electron chi connectivity index (χ0n) is 10.8. The summed E-state index contributed by atoms with van der Waals surface area (Å²) in [6.07, 6.45) is 4.08. The van der Waals surface area contributed by atoms with Gasteiger partial charge in [-0.05, 0) is 20.8 Å². The van der Waals surface area contributed by atoms with E-state index in [1.54, 1.807) is 0 Å². The van der Waals surface area contributed by atoms with Crippen LogP contribution < -0.4 is 5.32 Å². The number of rotatable bonds is 7. The molecule has 0 atom stereocenters. The van der Waals surface area contributed by atoms with Gasteiger partial charge in [0.15, 0.2) is 0 Å². The lowest BCUT2D eigenvalue weighted by Crippen LogP contribution is -2.21. The Kier molecular flexibility index (Phi) is 5.69. The minimum Gasteiger partial charge on any atom is -0.466 e. The standard InChI is InChI=1S/C12H21N3O2/c1-4-17-12(16)5-6-13-7-11-8-14-9-15(11)10(2)3/h8-10,13H,4-7H2,1-3H3. The van der Waals surface area contributed by atoms with Crippen molar-refractivity contribution < 1.29 is 9.53 Å². The van der Waals surface area contributed by atoms with Crippen molar-refractivity contribution in [2.75, 3.05) is 13.2 Å². The van der Waals surface area contributed by atoms with Crippen LogP contribution in [0, 0.1) is 0 Å². The van der Waals surface area contributed by atoms with Crippen LogP contribution >= 0.6 is 0 Å². The van der Waals surface area contributed by atoms with Crippen LogP contribution in [-0.2, 0) is 16.1 Å². The second kappa shape index (κ2) is 7.06. The van der Waals surface area contributed by atoms with Crippen molar-refractivity contribution in [3.8, 4) is 0 Å². The summed E-state index contributed by atoms with van der Waals surface area (Å²) in [6, 6.07) is 0.402. The summed E-state index contributed by atoms with van der Waals surface area (Å²) in [7, 11) is 0. The lowest BCUT2D eigenvalue weighted by atomic mass is 10.3. The van der Waals surface area contributed by atoms with E-state index in [0.717, 1.165) is 12.2 Å². The van der Waals surface area contributed by atoms with Gasteiger partial charge in [0.05, 0.1) is 25.0 Å². The average molecular weight is 239 g/mol. The average Bonchev–Trinajstić information content (AvgIpc) is 2.73. The first-order valence-electron chi connectivity index (χ1n) is 6.02. The first-order valence-corrected chi connectivity index (χ1v) is 6.02. The summed E-state index contributed by atoms with van der Waals surface area (Å²) in [4.78, 5) is 15.2. The normalized spacial score (nSPS) is 10.8. The van der Waals surface area contributed by atoms with E-state index in [4.69, 9.17) is 4.74 Å². The van der Waals surface area contributed by atoms with Crippen LogP contribution in [0.25, 0.3) is 0 Å². The second-order valence-electron chi connectivity index (χ2n) is 4.12. The Bertz CT molecular complexity index is 347.